The summed E-state index contributed by atoms with van der Waals surface area (Å²) in [6.07, 6.45) is 8.12. The van der Waals surface area contributed by atoms with E-state index in [0.29, 0.717) is 31.2 Å². The highest BCUT2D eigenvalue weighted by atomic mass is 16.2. The van der Waals surface area contributed by atoms with Gasteiger partial charge in [0.25, 0.3) is 0 Å². The molecule has 5 heteroatoms. The smallest absolute Gasteiger partial charge is 0.229 e. The van der Waals surface area contributed by atoms with Gasteiger partial charge < -0.3 is 4.90 Å². The fraction of sp³-hybridized carbons (Fsp3) is 0.812. The molecule has 3 aliphatic rings. The van der Waals surface area contributed by atoms with Crippen LogP contribution < -0.4 is 0 Å². The number of carbonyl (C=O) groups is 3. The van der Waals surface area contributed by atoms with Gasteiger partial charge in [0.2, 0.25) is 17.7 Å². The van der Waals surface area contributed by atoms with Crippen LogP contribution >= 0.6 is 0 Å². The molecule has 1 aliphatic carbocycles. The minimum absolute atomic E-state index is 0.123. The third kappa shape index (κ3) is 2.97. The summed E-state index contributed by atoms with van der Waals surface area (Å²) in [6.45, 7) is 1.12. The van der Waals surface area contributed by atoms with Crippen LogP contribution in [0.5, 0.6) is 0 Å². The second-order valence-electron chi connectivity index (χ2n) is 6.53. The largest absolute Gasteiger partial charge is 0.339 e. The van der Waals surface area contributed by atoms with E-state index in [4.69, 9.17) is 0 Å². The van der Waals surface area contributed by atoms with Crippen LogP contribution in [0.1, 0.15) is 57.8 Å². The summed E-state index contributed by atoms with van der Waals surface area (Å²) in [5.74, 6) is 0.551. The number of carbonyl (C=O) groups excluding carboxylic acids is 3. The van der Waals surface area contributed by atoms with Gasteiger partial charge in [-0.3, -0.25) is 19.3 Å². The summed E-state index contributed by atoms with van der Waals surface area (Å²) in [5, 5.41) is 0. The summed E-state index contributed by atoms with van der Waals surface area (Å²) in [6, 6.07) is 0.407. The third-order valence-corrected chi connectivity index (χ3v) is 5.27. The molecule has 3 rings (SSSR count). The van der Waals surface area contributed by atoms with Crippen molar-refractivity contribution < 1.29 is 14.4 Å². The quantitative estimate of drug-likeness (QED) is 0.744. The number of piperidine rings is 1. The minimum atomic E-state index is -0.123. The van der Waals surface area contributed by atoms with Gasteiger partial charge in [-0.2, -0.15) is 0 Å². The van der Waals surface area contributed by atoms with E-state index in [1.54, 1.807) is 0 Å². The van der Waals surface area contributed by atoms with E-state index in [2.05, 4.69) is 0 Å². The molecule has 0 N–H and O–H groups in total. The van der Waals surface area contributed by atoms with Gasteiger partial charge in [-0.1, -0.05) is 12.8 Å². The molecule has 0 aromatic rings. The molecule has 0 aromatic carbocycles. The Balaban J connectivity index is 1.57. The fourth-order valence-electron chi connectivity index (χ4n) is 4.16. The van der Waals surface area contributed by atoms with Gasteiger partial charge in [0, 0.05) is 38.4 Å². The van der Waals surface area contributed by atoms with Crippen molar-refractivity contribution in [3.05, 3.63) is 0 Å². The van der Waals surface area contributed by atoms with Crippen molar-refractivity contribution in [1.82, 2.24) is 9.80 Å². The zero-order valence-electron chi connectivity index (χ0n) is 12.6. The molecule has 0 bridgehead atoms. The third-order valence-electron chi connectivity index (χ3n) is 5.27. The van der Waals surface area contributed by atoms with Crippen molar-refractivity contribution >= 4 is 17.7 Å². The predicted molar refractivity (Wildman–Crippen MR) is 77.3 cm³/mol. The lowest BCUT2D eigenvalue weighted by atomic mass is 9.78. The molecule has 0 radical (unpaired) electrons. The lowest BCUT2D eigenvalue weighted by molar-refractivity contribution is -0.141. The molecule has 2 saturated heterocycles. The first-order valence-corrected chi connectivity index (χ1v) is 8.29. The normalized spacial score (nSPS) is 29.7. The average molecular weight is 292 g/mol. The van der Waals surface area contributed by atoms with Gasteiger partial charge in [-0.05, 0) is 31.6 Å². The molecule has 2 unspecified atom stereocenters. The van der Waals surface area contributed by atoms with E-state index in [-0.39, 0.29) is 24.3 Å². The Hall–Kier alpha value is -1.39. The summed E-state index contributed by atoms with van der Waals surface area (Å²) in [7, 11) is 0. The number of likely N-dealkylation sites (tertiary alicyclic amines) is 2. The van der Waals surface area contributed by atoms with Gasteiger partial charge >= 0.3 is 0 Å². The highest BCUT2D eigenvalue weighted by molar-refractivity contribution is 6.02. The molecule has 116 valence electrons. The Labute approximate surface area is 125 Å². The molecule has 0 aromatic heterocycles. The molecular formula is C16H24N2O3. The Kier molecular flexibility index (Phi) is 4.27. The molecule has 21 heavy (non-hydrogen) atoms. The first kappa shape index (κ1) is 14.5. The van der Waals surface area contributed by atoms with Gasteiger partial charge in [-0.15, -0.1) is 0 Å². The number of fused-ring (bicyclic) bond motifs is 1. The number of imide groups is 1. The standard InChI is InChI=1S/C16H24N2O3/c19-14-7-8-15(20)18(14)11-9-16(21)17-10-3-5-12-4-1-2-6-13(12)17/h12-13H,1-11H2. The van der Waals surface area contributed by atoms with E-state index in [1.807, 2.05) is 4.90 Å². The van der Waals surface area contributed by atoms with E-state index in [9.17, 15) is 14.4 Å². The molecule has 1 saturated carbocycles. The SMILES string of the molecule is O=C1CCC(=O)N1CCC(=O)N1CCCC2CCCCC21. The summed E-state index contributed by atoms with van der Waals surface area (Å²) in [4.78, 5) is 39.0. The second-order valence-corrected chi connectivity index (χ2v) is 6.53. The Bertz CT molecular complexity index is 431. The fourth-order valence-corrected chi connectivity index (χ4v) is 4.16. The van der Waals surface area contributed by atoms with Crippen LogP contribution in [-0.4, -0.2) is 46.7 Å². The maximum Gasteiger partial charge on any atom is 0.229 e. The predicted octanol–water partition coefficient (Wildman–Crippen LogP) is 1.71. The van der Waals surface area contributed by atoms with Crippen molar-refractivity contribution in [2.24, 2.45) is 5.92 Å². The molecule has 3 fully saturated rings. The zero-order valence-corrected chi connectivity index (χ0v) is 12.6. The molecule has 2 heterocycles. The molecule has 2 atom stereocenters. The highest BCUT2D eigenvalue weighted by Gasteiger charge is 2.36. The van der Waals surface area contributed by atoms with Crippen molar-refractivity contribution in [2.75, 3.05) is 13.1 Å². The molecule has 3 amide bonds. The number of nitrogens with zero attached hydrogens (tertiary/aromatic N) is 2. The Morgan fingerprint density at radius 2 is 1.67 bits per heavy atom. The van der Waals surface area contributed by atoms with E-state index in [1.165, 1.54) is 30.6 Å². The van der Waals surface area contributed by atoms with Crippen LogP contribution in [0.15, 0.2) is 0 Å². The maximum atomic E-state index is 12.5. The van der Waals surface area contributed by atoms with Crippen LogP contribution in [0.2, 0.25) is 0 Å². The van der Waals surface area contributed by atoms with Crippen LogP contribution in [0.25, 0.3) is 0 Å². The summed E-state index contributed by atoms with van der Waals surface area (Å²) in [5.41, 5.74) is 0. The Morgan fingerprint density at radius 3 is 2.43 bits per heavy atom. The monoisotopic (exact) mass is 292 g/mol. The van der Waals surface area contributed by atoms with Gasteiger partial charge in [0.15, 0.2) is 0 Å². The molecule has 2 aliphatic heterocycles. The van der Waals surface area contributed by atoms with Crippen molar-refractivity contribution in [1.29, 1.82) is 0 Å². The Morgan fingerprint density at radius 1 is 1.00 bits per heavy atom. The van der Waals surface area contributed by atoms with Crippen LogP contribution in [0.4, 0.5) is 0 Å². The summed E-state index contributed by atoms with van der Waals surface area (Å²) >= 11 is 0. The number of amides is 3. The van der Waals surface area contributed by atoms with Crippen LogP contribution in [-0.2, 0) is 14.4 Å². The van der Waals surface area contributed by atoms with E-state index < -0.39 is 0 Å². The maximum absolute atomic E-state index is 12.5. The molecular weight excluding hydrogens is 268 g/mol. The van der Waals surface area contributed by atoms with Gasteiger partial charge in [-0.25, -0.2) is 0 Å². The number of rotatable bonds is 3. The molecule has 0 spiro atoms. The lowest BCUT2D eigenvalue weighted by Crippen LogP contribution is -2.50. The second kappa shape index (κ2) is 6.16. The van der Waals surface area contributed by atoms with E-state index in [0.717, 1.165) is 19.4 Å². The van der Waals surface area contributed by atoms with Crippen LogP contribution in [0.3, 0.4) is 0 Å². The van der Waals surface area contributed by atoms with Gasteiger partial charge in [0.1, 0.15) is 0 Å². The van der Waals surface area contributed by atoms with Gasteiger partial charge in [0.05, 0.1) is 0 Å². The average Bonchev–Trinajstić information content (AvgIpc) is 2.83. The van der Waals surface area contributed by atoms with Crippen molar-refractivity contribution in [3.8, 4) is 0 Å². The first-order chi connectivity index (χ1) is 10.2. The lowest BCUT2D eigenvalue weighted by Gasteiger charge is -2.44. The topological polar surface area (TPSA) is 57.7 Å². The first-order valence-electron chi connectivity index (χ1n) is 8.29. The van der Waals surface area contributed by atoms with Crippen molar-refractivity contribution in [2.45, 2.75) is 63.8 Å². The van der Waals surface area contributed by atoms with E-state index >= 15 is 0 Å². The molecule has 5 nitrogen and oxygen atoms in total. The summed E-state index contributed by atoms with van der Waals surface area (Å²) < 4.78 is 0. The highest BCUT2D eigenvalue weighted by Crippen LogP contribution is 2.35. The van der Waals surface area contributed by atoms with Crippen LogP contribution in [0, 0.1) is 5.92 Å². The van der Waals surface area contributed by atoms with Crippen molar-refractivity contribution in [3.63, 3.8) is 0 Å². The number of hydrogen-bond acceptors (Lipinski definition) is 3. The minimum Gasteiger partial charge on any atom is -0.339 e. The number of hydrogen-bond donors (Lipinski definition) is 0. The zero-order chi connectivity index (χ0) is 14.8.